The number of alkyl halides is 3. The van der Waals surface area contributed by atoms with Crippen LogP contribution < -0.4 is 9.64 Å². The van der Waals surface area contributed by atoms with Gasteiger partial charge in [0.05, 0.1) is 0 Å². The number of nitrogens with zero attached hydrogens (tertiary/aromatic N) is 1. The number of halogens is 3. The topological polar surface area (TPSA) is 66.8 Å². The Hall–Kier alpha value is -3.03. The highest BCUT2D eigenvalue weighted by Gasteiger charge is 2.26. The van der Waals surface area contributed by atoms with Gasteiger partial charge in [0, 0.05) is 24.7 Å². The van der Waals surface area contributed by atoms with E-state index in [1.165, 1.54) is 29.2 Å². The van der Waals surface area contributed by atoms with Crippen LogP contribution in [0.4, 0.5) is 18.9 Å². The van der Waals surface area contributed by atoms with Crippen LogP contribution in [0.1, 0.15) is 22.3 Å². The van der Waals surface area contributed by atoms with E-state index in [1.807, 2.05) is 0 Å². The molecule has 0 spiro atoms. The van der Waals surface area contributed by atoms with Gasteiger partial charge in [-0.05, 0) is 48.4 Å². The number of rotatable bonds is 7. The van der Waals surface area contributed by atoms with E-state index >= 15 is 0 Å². The summed E-state index contributed by atoms with van der Waals surface area (Å²) in [4.78, 5) is 24.4. The van der Waals surface area contributed by atoms with Crippen LogP contribution >= 0.6 is 0 Å². The highest BCUT2D eigenvalue weighted by atomic mass is 19.4. The molecule has 0 fully saturated rings. The predicted molar refractivity (Wildman–Crippen MR) is 93.1 cm³/mol. The lowest BCUT2D eigenvalue weighted by Crippen LogP contribution is -2.26. The molecule has 5 nitrogen and oxygen atoms in total. The smallest absolute Gasteiger partial charge is 0.389 e. The molecule has 2 aromatic carbocycles. The Morgan fingerprint density at radius 1 is 1.04 bits per heavy atom. The molecule has 0 aliphatic carbocycles. The minimum Gasteiger partial charge on any atom is -0.482 e. The van der Waals surface area contributed by atoms with Crippen molar-refractivity contribution >= 4 is 17.6 Å². The van der Waals surface area contributed by atoms with E-state index in [0.29, 0.717) is 22.6 Å². The van der Waals surface area contributed by atoms with Crippen molar-refractivity contribution in [3.8, 4) is 5.75 Å². The van der Waals surface area contributed by atoms with Gasteiger partial charge in [-0.2, -0.15) is 13.2 Å². The molecule has 0 radical (unpaired) electrons. The summed E-state index contributed by atoms with van der Waals surface area (Å²) in [6.45, 7) is -0.463. The van der Waals surface area contributed by atoms with E-state index in [2.05, 4.69) is 0 Å². The number of hydrogen-bond donors (Lipinski definition) is 1. The van der Waals surface area contributed by atoms with Gasteiger partial charge in [0.2, 0.25) is 0 Å². The first kappa shape index (κ1) is 20.3. The average molecular weight is 381 g/mol. The van der Waals surface area contributed by atoms with Crippen LogP contribution in [0, 0.1) is 0 Å². The summed E-state index contributed by atoms with van der Waals surface area (Å²) < 4.78 is 41.8. The molecule has 144 valence electrons. The Kier molecular flexibility index (Phi) is 6.44. The molecular weight excluding hydrogens is 363 g/mol. The molecule has 0 aromatic heterocycles. The van der Waals surface area contributed by atoms with Crippen molar-refractivity contribution in [3.63, 3.8) is 0 Å². The third-order valence-electron chi connectivity index (χ3n) is 3.79. The SMILES string of the molecule is CN(C(=O)c1ccc(CCC(F)(F)F)cc1)c1ccc(OCC(=O)O)cc1. The summed E-state index contributed by atoms with van der Waals surface area (Å²) in [6, 6.07) is 12.3. The molecule has 0 bridgehead atoms. The van der Waals surface area contributed by atoms with Crippen LogP contribution in [-0.2, 0) is 11.2 Å². The Morgan fingerprint density at radius 3 is 2.15 bits per heavy atom. The normalized spacial score (nSPS) is 11.1. The number of carboxylic acid groups (broad SMARTS) is 1. The monoisotopic (exact) mass is 381 g/mol. The molecule has 0 saturated carbocycles. The molecule has 0 aliphatic heterocycles. The van der Waals surface area contributed by atoms with E-state index in [1.54, 1.807) is 31.3 Å². The van der Waals surface area contributed by atoms with Gasteiger partial charge in [-0.3, -0.25) is 4.79 Å². The van der Waals surface area contributed by atoms with Crippen molar-refractivity contribution in [1.29, 1.82) is 0 Å². The molecular formula is C19H18F3NO4. The minimum atomic E-state index is -4.21. The van der Waals surface area contributed by atoms with E-state index in [9.17, 15) is 22.8 Å². The summed E-state index contributed by atoms with van der Waals surface area (Å²) in [5, 5.41) is 8.58. The van der Waals surface area contributed by atoms with Crippen LogP contribution in [0.3, 0.4) is 0 Å². The van der Waals surface area contributed by atoms with E-state index in [4.69, 9.17) is 9.84 Å². The first-order chi connectivity index (χ1) is 12.7. The molecule has 2 rings (SSSR count). The summed E-state index contributed by atoms with van der Waals surface area (Å²) in [7, 11) is 1.56. The van der Waals surface area contributed by atoms with Gasteiger partial charge in [0.25, 0.3) is 5.91 Å². The van der Waals surface area contributed by atoms with E-state index < -0.39 is 25.2 Å². The van der Waals surface area contributed by atoms with E-state index in [0.717, 1.165) is 0 Å². The Labute approximate surface area is 154 Å². The Morgan fingerprint density at radius 2 is 1.63 bits per heavy atom. The lowest BCUT2D eigenvalue weighted by molar-refractivity contribution is -0.139. The number of anilines is 1. The van der Waals surface area contributed by atoms with Gasteiger partial charge in [-0.1, -0.05) is 12.1 Å². The van der Waals surface area contributed by atoms with Crippen molar-refractivity contribution in [3.05, 3.63) is 59.7 Å². The number of carboxylic acids is 1. The van der Waals surface area contributed by atoms with Crippen LogP contribution in [0.25, 0.3) is 0 Å². The van der Waals surface area contributed by atoms with Gasteiger partial charge < -0.3 is 14.7 Å². The van der Waals surface area contributed by atoms with Crippen molar-refractivity contribution in [2.75, 3.05) is 18.6 Å². The fourth-order valence-electron chi connectivity index (χ4n) is 2.32. The minimum absolute atomic E-state index is 0.133. The van der Waals surface area contributed by atoms with Crippen LogP contribution in [-0.4, -0.2) is 36.8 Å². The first-order valence-corrected chi connectivity index (χ1v) is 8.04. The average Bonchev–Trinajstić information content (AvgIpc) is 2.64. The zero-order valence-corrected chi connectivity index (χ0v) is 14.5. The molecule has 0 heterocycles. The summed E-state index contributed by atoms with van der Waals surface area (Å²) in [5.74, 6) is -1.06. The van der Waals surface area contributed by atoms with Gasteiger partial charge in [0.1, 0.15) is 5.75 Å². The summed E-state index contributed by atoms with van der Waals surface area (Å²) >= 11 is 0. The van der Waals surface area contributed by atoms with Gasteiger partial charge in [-0.15, -0.1) is 0 Å². The van der Waals surface area contributed by atoms with Crippen molar-refractivity contribution in [2.45, 2.75) is 19.0 Å². The fraction of sp³-hybridized carbons (Fsp3) is 0.263. The number of benzene rings is 2. The predicted octanol–water partition coefficient (Wildman–Crippen LogP) is 3.92. The van der Waals surface area contributed by atoms with Crippen LogP contribution in [0.2, 0.25) is 0 Å². The van der Waals surface area contributed by atoms with Crippen molar-refractivity contribution in [1.82, 2.24) is 0 Å². The summed E-state index contributed by atoms with van der Waals surface area (Å²) in [5.41, 5.74) is 1.41. The quantitative estimate of drug-likeness (QED) is 0.789. The number of carbonyl (C=O) groups is 2. The van der Waals surface area contributed by atoms with E-state index in [-0.39, 0.29) is 12.3 Å². The number of hydrogen-bond acceptors (Lipinski definition) is 3. The van der Waals surface area contributed by atoms with Crippen LogP contribution in [0.15, 0.2) is 48.5 Å². The van der Waals surface area contributed by atoms with Gasteiger partial charge in [0.15, 0.2) is 6.61 Å². The maximum Gasteiger partial charge on any atom is 0.389 e. The Balaban J connectivity index is 2.00. The second-order valence-corrected chi connectivity index (χ2v) is 5.85. The molecule has 0 saturated heterocycles. The zero-order valence-electron chi connectivity index (χ0n) is 14.5. The molecule has 27 heavy (non-hydrogen) atoms. The maximum atomic E-state index is 12.5. The number of aryl methyl sites for hydroxylation is 1. The standard InChI is InChI=1S/C19H18F3NO4/c1-23(15-6-8-16(9-7-15)27-12-17(24)25)18(26)14-4-2-13(3-5-14)10-11-19(20,21)22/h2-9H,10-12H2,1H3,(H,24,25). The molecule has 0 atom stereocenters. The number of aliphatic carboxylic acids is 1. The number of carbonyl (C=O) groups excluding carboxylic acids is 1. The first-order valence-electron chi connectivity index (χ1n) is 8.04. The van der Waals surface area contributed by atoms with Crippen molar-refractivity contribution in [2.24, 2.45) is 0 Å². The van der Waals surface area contributed by atoms with Crippen molar-refractivity contribution < 1.29 is 32.6 Å². The van der Waals surface area contributed by atoms with Gasteiger partial charge >= 0.3 is 12.1 Å². The lowest BCUT2D eigenvalue weighted by Gasteiger charge is -2.18. The number of amides is 1. The second-order valence-electron chi connectivity index (χ2n) is 5.85. The highest BCUT2D eigenvalue weighted by molar-refractivity contribution is 6.05. The second kappa shape index (κ2) is 8.57. The Bertz CT molecular complexity index is 786. The molecule has 2 aromatic rings. The van der Waals surface area contributed by atoms with Gasteiger partial charge in [-0.25, -0.2) is 4.79 Å². The molecule has 1 amide bonds. The zero-order chi connectivity index (χ0) is 20.0. The van der Waals surface area contributed by atoms with Crippen LogP contribution in [0.5, 0.6) is 5.75 Å². The molecule has 1 N–H and O–H groups in total. The molecule has 8 heteroatoms. The number of ether oxygens (including phenoxy) is 1. The molecule has 0 aliphatic rings. The third kappa shape index (κ3) is 6.32. The lowest BCUT2D eigenvalue weighted by atomic mass is 10.1. The summed E-state index contributed by atoms with van der Waals surface area (Å²) in [6.07, 6.45) is -5.25. The maximum absolute atomic E-state index is 12.5. The third-order valence-corrected chi connectivity index (χ3v) is 3.79. The molecule has 0 unspecified atom stereocenters. The largest absolute Gasteiger partial charge is 0.482 e. The highest BCUT2D eigenvalue weighted by Crippen LogP contribution is 2.23. The fourth-order valence-corrected chi connectivity index (χ4v) is 2.32.